The van der Waals surface area contributed by atoms with E-state index in [-0.39, 0.29) is 33.2 Å². The average molecular weight is 967 g/mol. The molecule has 2 rings (SSSR count). The number of rotatable bonds is 14. The van der Waals surface area contributed by atoms with Crippen LogP contribution in [0.5, 0.6) is 0 Å². The molecular weight excluding hydrogens is 929 g/mol. The Labute approximate surface area is 313 Å². The molecule has 2 aromatic carbocycles. The van der Waals surface area contributed by atoms with Crippen molar-refractivity contribution >= 4 is 92.2 Å². The number of carbonyl (C=O) groups is 6. The van der Waals surface area contributed by atoms with E-state index in [0.29, 0.717) is 11.4 Å². The zero-order chi connectivity index (χ0) is 35.5. The van der Waals surface area contributed by atoms with E-state index in [4.69, 9.17) is 20.4 Å². The Balaban J connectivity index is 0.000000882. The first-order valence-electron chi connectivity index (χ1n) is 13.7. The minimum atomic E-state index is -1.18. The number of hydrogen-bond acceptors (Lipinski definition) is 8. The molecule has 0 aliphatic rings. The van der Waals surface area contributed by atoms with E-state index in [1.807, 2.05) is 53.7 Å². The van der Waals surface area contributed by atoms with Crippen LogP contribution in [0.15, 0.2) is 12.1 Å². The first-order chi connectivity index (χ1) is 21.2. The molecular formula is C30H38I2N4O10Tc. The van der Waals surface area contributed by atoms with E-state index in [1.54, 1.807) is 0 Å². The normalized spacial score (nSPS) is 10.4. The fourth-order valence-electron chi connectivity index (χ4n) is 4.57. The van der Waals surface area contributed by atoms with Crippen molar-refractivity contribution < 1.29 is 69.3 Å². The molecule has 0 aliphatic carbocycles. The van der Waals surface area contributed by atoms with Crippen LogP contribution in [0.25, 0.3) is 0 Å². The number of carboxylic acids is 4. The van der Waals surface area contributed by atoms with Gasteiger partial charge in [0.2, 0.25) is 11.8 Å². The van der Waals surface area contributed by atoms with Gasteiger partial charge in [0.1, 0.15) is 0 Å². The third kappa shape index (κ3) is 15.4. The van der Waals surface area contributed by atoms with Gasteiger partial charge in [-0.2, -0.15) is 0 Å². The summed E-state index contributed by atoms with van der Waals surface area (Å²) >= 11 is 4.40. The van der Waals surface area contributed by atoms with Crippen molar-refractivity contribution in [3.8, 4) is 0 Å². The summed E-state index contributed by atoms with van der Waals surface area (Å²) in [5.74, 6) is -5.63. The fourth-order valence-corrected chi connectivity index (χ4v) is 5.42. The van der Waals surface area contributed by atoms with Crippen molar-refractivity contribution in [3.63, 3.8) is 0 Å². The molecule has 0 aromatic heterocycles. The molecule has 0 heterocycles. The van der Waals surface area contributed by atoms with Crippen LogP contribution in [0, 0.1) is 48.7 Å². The number of carboxylic acid groups (broad SMARTS) is 4. The molecule has 2 aromatic rings. The molecule has 47 heavy (non-hydrogen) atoms. The third-order valence-corrected chi connectivity index (χ3v) is 9.77. The molecule has 0 fully saturated rings. The standard InChI is InChI=1S/2C15H19IN2O5.Tc/c2*1-8-4-9(2)15(10(3)14(8)16)17-11(19)5-18(6-12(20)21)7-13(22)23;/h2*4H,5-7H2,1-3H3,(H,17,19)(H,20,21)(H,22,23);/i;;1+1. The second-order valence-electron chi connectivity index (χ2n) is 10.6. The Bertz CT molecular complexity index is 1380. The Morgan fingerprint density at radius 1 is 0.532 bits per heavy atom. The fraction of sp³-hybridized carbons (Fsp3) is 0.400. The minimum Gasteiger partial charge on any atom is -0.480 e. The van der Waals surface area contributed by atoms with Gasteiger partial charge in [0.15, 0.2) is 0 Å². The Morgan fingerprint density at radius 2 is 0.787 bits per heavy atom. The minimum absolute atomic E-state index is 0. The van der Waals surface area contributed by atoms with Gasteiger partial charge < -0.3 is 31.1 Å². The van der Waals surface area contributed by atoms with Gasteiger partial charge in [-0.15, -0.1) is 0 Å². The van der Waals surface area contributed by atoms with Crippen molar-refractivity contribution in [2.45, 2.75) is 41.5 Å². The van der Waals surface area contributed by atoms with E-state index in [2.05, 4.69) is 55.8 Å². The average Bonchev–Trinajstić information content (AvgIpc) is 2.90. The topological polar surface area (TPSA) is 214 Å². The maximum absolute atomic E-state index is 12.1. The Kier molecular flexibility index (Phi) is 19.4. The molecule has 0 saturated heterocycles. The molecule has 2 amide bonds. The van der Waals surface area contributed by atoms with Gasteiger partial charge >= 0.3 is 23.9 Å². The molecule has 0 aliphatic heterocycles. The number of aliphatic carboxylic acids is 4. The predicted octanol–water partition coefficient (Wildman–Crippen LogP) is 3.25. The molecule has 17 heteroatoms. The van der Waals surface area contributed by atoms with E-state index in [1.165, 1.54) is 0 Å². The summed E-state index contributed by atoms with van der Waals surface area (Å²) in [5, 5.41) is 40.7. The number of nitrogens with zero attached hydrogens (tertiary/aromatic N) is 2. The number of nitrogens with one attached hydrogen (secondary N) is 2. The van der Waals surface area contributed by atoms with Crippen LogP contribution in [-0.2, 0) is 48.9 Å². The Hall–Kier alpha value is -2.71. The van der Waals surface area contributed by atoms with Crippen LogP contribution in [0.1, 0.15) is 33.4 Å². The second-order valence-corrected chi connectivity index (χ2v) is 12.8. The quantitative estimate of drug-likeness (QED) is 0.151. The molecule has 14 nitrogen and oxygen atoms in total. The molecule has 6 N–H and O–H groups in total. The van der Waals surface area contributed by atoms with Crippen LogP contribution in [-0.4, -0.2) is 105 Å². The number of amides is 2. The summed E-state index contributed by atoms with van der Waals surface area (Å²) in [6.45, 7) is 8.84. The van der Waals surface area contributed by atoms with Crippen LogP contribution in [0.4, 0.5) is 11.4 Å². The number of benzene rings is 2. The Morgan fingerprint density at radius 3 is 1.02 bits per heavy atom. The van der Waals surface area contributed by atoms with Gasteiger partial charge in [-0.3, -0.25) is 38.6 Å². The summed E-state index contributed by atoms with van der Waals surface area (Å²) < 4.78 is 2.08. The summed E-state index contributed by atoms with van der Waals surface area (Å²) in [7, 11) is 0. The van der Waals surface area contributed by atoms with Crippen LogP contribution < -0.4 is 10.6 Å². The van der Waals surface area contributed by atoms with Crippen molar-refractivity contribution in [3.05, 3.63) is 52.7 Å². The third-order valence-electron chi connectivity index (χ3n) is 6.45. The smallest absolute Gasteiger partial charge is 0.317 e. The predicted molar refractivity (Wildman–Crippen MR) is 187 cm³/mol. The van der Waals surface area contributed by atoms with Gasteiger partial charge in [-0.1, -0.05) is 12.1 Å². The first-order valence-corrected chi connectivity index (χ1v) is 15.8. The van der Waals surface area contributed by atoms with Gasteiger partial charge in [0, 0.05) is 38.6 Å². The zero-order valence-electron chi connectivity index (χ0n) is 26.7. The van der Waals surface area contributed by atoms with Crippen LogP contribution >= 0.6 is 45.2 Å². The van der Waals surface area contributed by atoms with Crippen LogP contribution in [0.2, 0.25) is 0 Å². The molecule has 1 radical (unpaired) electrons. The number of carbonyl (C=O) groups excluding carboxylic acids is 2. The van der Waals surface area contributed by atoms with E-state index < -0.39 is 61.9 Å². The number of halogens is 2. The van der Waals surface area contributed by atoms with E-state index >= 15 is 0 Å². The van der Waals surface area contributed by atoms with Gasteiger partial charge in [-0.25, -0.2) is 0 Å². The second kappa shape index (κ2) is 20.6. The molecule has 0 atom stereocenters. The monoisotopic (exact) mass is 967 g/mol. The van der Waals surface area contributed by atoms with Crippen molar-refractivity contribution in [2.24, 2.45) is 0 Å². The summed E-state index contributed by atoms with van der Waals surface area (Å²) in [6, 6.07) is 3.91. The van der Waals surface area contributed by atoms with Gasteiger partial charge in [0.05, 0.1) is 39.3 Å². The summed E-state index contributed by atoms with van der Waals surface area (Å²) in [4.78, 5) is 69.4. The SMILES string of the molecule is Cc1cc(C)c(NC(=O)CN(CC(=O)O)CC(=O)O)c(C)c1I.Cc1cc(C)c(NC(=O)CN(CC(=O)O)CC(=O)O)c(C)c1I.[99Tc]. The number of aryl methyl sites for hydroxylation is 4. The molecule has 0 saturated carbocycles. The van der Waals surface area contributed by atoms with Crippen molar-refractivity contribution in [1.29, 1.82) is 0 Å². The molecule has 259 valence electrons. The maximum Gasteiger partial charge on any atom is 0.317 e. The van der Waals surface area contributed by atoms with Crippen LogP contribution in [0.3, 0.4) is 0 Å². The molecule has 0 unspecified atom stereocenters. The molecule has 0 bridgehead atoms. The number of hydrogen-bond donors (Lipinski definition) is 6. The maximum atomic E-state index is 12.1. The summed E-state index contributed by atoms with van der Waals surface area (Å²) in [5.41, 5.74) is 7.23. The van der Waals surface area contributed by atoms with Gasteiger partial charge in [-0.05, 0) is 120 Å². The van der Waals surface area contributed by atoms with Crippen molar-refractivity contribution in [1.82, 2.24) is 9.80 Å². The van der Waals surface area contributed by atoms with Gasteiger partial charge in [0.25, 0.3) is 0 Å². The number of anilines is 2. The first kappa shape index (κ1) is 44.3. The largest absolute Gasteiger partial charge is 0.480 e. The van der Waals surface area contributed by atoms with Crippen molar-refractivity contribution in [2.75, 3.05) is 49.9 Å². The summed E-state index contributed by atoms with van der Waals surface area (Å²) in [6.07, 6.45) is 0. The van der Waals surface area contributed by atoms with E-state index in [0.717, 1.165) is 50.3 Å². The molecule has 0 spiro atoms. The van der Waals surface area contributed by atoms with E-state index in [9.17, 15) is 28.8 Å². The zero-order valence-corrected chi connectivity index (χ0v) is 32.8.